The second kappa shape index (κ2) is 4.25. The summed E-state index contributed by atoms with van der Waals surface area (Å²) < 4.78 is 7.36. The topological polar surface area (TPSA) is 64.4 Å². The highest BCUT2D eigenvalue weighted by Crippen LogP contribution is 2.29. The van der Waals surface area contributed by atoms with E-state index in [9.17, 15) is 4.79 Å². The van der Waals surface area contributed by atoms with Crippen molar-refractivity contribution in [1.82, 2.24) is 9.55 Å². The van der Waals surface area contributed by atoms with E-state index in [1.54, 1.807) is 7.11 Å². The van der Waals surface area contributed by atoms with Crippen LogP contribution in [0.3, 0.4) is 0 Å². The minimum atomic E-state index is -0.814. The van der Waals surface area contributed by atoms with Crippen molar-refractivity contribution in [2.24, 2.45) is 0 Å². The smallest absolute Gasteiger partial charge is 0.309 e. The van der Waals surface area contributed by atoms with E-state index in [0.717, 1.165) is 36.6 Å². The van der Waals surface area contributed by atoms with Crippen molar-refractivity contribution < 1.29 is 14.6 Å². The highest BCUT2D eigenvalue weighted by Gasteiger charge is 2.26. The van der Waals surface area contributed by atoms with Crippen molar-refractivity contribution in [2.45, 2.75) is 38.8 Å². The van der Waals surface area contributed by atoms with Crippen LogP contribution in [0.5, 0.6) is 0 Å². The van der Waals surface area contributed by atoms with E-state index in [1.807, 2.05) is 11.5 Å². The van der Waals surface area contributed by atoms with E-state index in [1.165, 1.54) is 0 Å². The van der Waals surface area contributed by atoms with Crippen LogP contribution in [0.2, 0.25) is 0 Å². The van der Waals surface area contributed by atoms with Crippen LogP contribution < -0.4 is 0 Å². The fraction of sp³-hybridized carbons (Fsp3) is 0.636. The number of carboxylic acids is 1. The van der Waals surface area contributed by atoms with E-state index in [2.05, 4.69) is 4.98 Å². The molecule has 1 aromatic rings. The molecule has 5 heteroatoms. The van der Waals surface area contributed by atoms with Gasteiger partial charge < -0.3 is 14.4 Å². The number of aliphatic carboxylic acids is 1. The summed E-state index contributed by atoms with van der Waals surface area (Å²) in [5.74, 6) is 0.0628. The van der Waals surface area contributed by atoms with Gasteiger partial charge in [0.1, 0.15) is 11.9 Å². The first-order chi connectivity index (χ1) is 7.63. The normalized spacial score (nSPS) is 19.5. The Bertz CT molecular complexity index is 412. The molecule has 0 spiro atoms. The third-order valence-electron chi connectivity index (χ3n) is 3.04. The lowest BCUT2D eigenvalue weighted by atomic mass is 10.1. The Balaban J connectivity index is 2.40. The summed E-state index contributed by atoms with van der Waals surface area (Å²) in [6.07, 6.45) is 2.01. The number of aryl methyl sites for hydroxylation is 1. The number of hydrogen-bond donors (Lipinski definition) is 1. The van der Waals surface area contributed by atoms with Crippen LogP contribution in [-0.4, -0.2) is 27.7 Å². The van der Waals surface area contributed by atoms with Crippen molar-refractivity contribution in [3.8, 4) is 0 Å². The van der Waals surface area contributed by atoms with Gasteiger partial charge in [-0.3, -0.25) is 4.79 Å². The van der Waals surface area contributed by atoms with Crippen LogP contribution in [0.25, 0.3) is 0 Å². The molecule has 88 valence electrons. The summed E-state index contributed by atoms with van der Waals surface area (Å²) in [6.45, 7) is 2.70. The van der Waals surface area contributed by atoms with Gasteiger partial charge in [0.05, 0.1) is 17.8 Å². The van der Waals surface area contributed by atoms with E-state index in [0.29, 0.717) is 0 Å². The fourth-order valence-electron chi connectivity index (χ4n) is 2.28. The first-order valence-corrected chi connectivity index (χ1v) is 5.44. The van der Waals surface area contributed by atoms with Gasteiger partial charge in [0.15, 0.2) is 0 Å². The minimum absolute atomic E-state index is 0.00925. The molecular weight excluding hydrogens is 208 g/mol. The third kappa shape index (κ3) is 1.82. The summed E-state index contributed by atoms with van der Waals surface area (Å²) in [5.41, 5.74) is 1.62. The third-order valence-corrected chi connectivity index (χ3v) is 3.04. The van der Waals surface area contributed by atoms with Crippen molar-refractivity contribution >= 4 is 5.97 Å². The first-order valence-electron chi connectivity index (χ1n) is 5.44. The molecule has 0 saturated heterocycles. The van der Waals surface area contributed by atoms with Crippen LogP contribution in [0.4, 0.5) is 0 Å². The zero-order valence-corrected chi connectivity index (χ0v) is 9.56. The molecule has 0 fully saturated rings. The second-order valence-corrected chi connectivity index (χ2v) is 4.09. The van der Waals surface area contributed by atoms with Gasteiger partial charge in [0.2, 0.25) is 0 Å². The molecule has 2 heterocycles. The minimum Gasteiger partial charge on any atom is -0.481 e. The first kappa shape index (κ1) is 11.1. The van der Waals surface area contributed by atoms with E-state index in [-0.39, 0.29) is 12.5 Å². The number of fused-ring (bicyclic) bond motifs is 1. The SMILES string of the molecule is COC1CCCn2c1nc(C)c2CC(=O)O. The molecule has 2 rings (SSSR count). The standard InChI is InChI=1S/C11H16N2O3/c1-7-8(6-10(14)15)13-5-3-4-9(16-2)11(13)12-7/h9H,3-6H2,1-2H3,(H,14,15). The van der Waals surface area contributed by atoms with Crippen LogP contribution in [0.1, 0.15) is 36.2 Å². The van der Waals surface area contributed by atoms with E-state index >= 15 is 0 Å². The molecule has 0 aliphatic carbocycles. The van der Waals surface area contributed by atoms with Crippen molar-refractivity contribution in [3.05, 3.63) is 17.2 Å². The Morgan fingerprint density at radius 3 is 3.06 bits per heavy atom. The Labute approximate surface area is 94.1 Å². The van der Waals surface area contributed by atoms with Gasteiger partial charge in [-0.1, -0.05) is 0 Å². The molecule has 0 bridgehead atoms. The number of carboxylic acid groups (broad SMARTS) is 1. The van der Waals surface area contributed by atoms with Crippen LogP contribution >= 0.6 is 0 Å². The average molecular weight is 224 g/mol. The summed E-state index contributed by atoms with van der Waals surface area (Å²) in [6, 6.07) is 0. The lowest BCUT2D eigenvalue weighted by molar-refractivity contribution is -0.136. The molecular formula is C11H16N2O3. The predicted octanol–water partition coefficient (Wildman–Crippen LogP) is 1.30. The Morgan fingerprint density at radius 1 is 1.69 bits per heavy atom. The summed E-state index contributed by atoms with van der Waals surface area (Å²) in [7, 11) is 1.67. The zero-order valence-electron chi connectivity index (χ0n) is 9.56. The molecule has 1 N–H and O–H groups in total. The Morgan fingerprint density at radius 2 is 2.44 bits per heavy atom. The van der Waals surface area contributed by atoms with Gasteiger partial charge in [-0.05, 0) is 19.8 Å². The number of methoxy groups -OCH3 is 1. The number of rotatable bonds is 3. The largest absolute Gasteiger partial charge is 0.481 e. The number of imidazole rings is 1. The van der Waals surface area contributed by atoms with Crippen molar-refractivity contribution in [3.63, 3.8) is 0 Å². The van der Waals surface area contributed by atoms with Gasteiger partial charge in [0, 0.05) is 13.7 Å². The number of aromatic nitrogens is 2. The van der Waals surface area contributed by atoms with E-state index in [4.69, 9.17) is 9.84 Å². The molecule has 5 nitrogen and oxygen atoms in total. The summed E-state index contributed by atoms with van der Waals surface area (Å²) in [5, 5.41) is 8.86. The van der Waals surface area contributed by atoms with E-state index < -0.39 is 5.97 Å². The molecule has 16 heavy (non-hydrogen) atoms. The fourth-order valence-corrected chi connectivity index (χ4v) is 2.28. The number of ether oxygens (including phenoxy) is 1. The van der Waals surface area contributed by atoms with Gasteiger partial charge >= 0.3 is 5.97 Å². The van der Waals surface area contributed by atoms with Gasteiger partial charge in [-0.2, -0.15) is 0 Å². The lowest BCUT2D eigenvalue weighted by Gasteiger charge is -2.23. The highest BCUT2D eigenvalue weighted by molar-refractivity contribution is 5.70. The van der Waals surface area contributed by atoms with Crippen molar-refractivity contribution in [1.29, 1.82) is 0 Å². The summed E-state index contributed by atoms with van der Waals surface area (Å²) in [4.78, 5) is 15.2. The summed E-state index contributed by atoms with van der Waals surface area (Å²) >= 11 is 0. The molecule has 1 aromatic heterocycles. The van der Waals surface area contributed by atoms with Gasteiger partial charge in [-0.25, -0.2) is 4.98 Å². The predicted molar refractivity (Wildman–Crippen MR) is 57.3 cm³/mol. The maximum Gasteiger partial charge on any atom is 0.309 e. The monoisotopic (exact) mass is 224 g/mol. The number of carbonyl (C=O) groups is 1. The highest BCUT2D eigenvalue weighted by atomic mass is 16.5. The molecule has 1 aliphatic rings. The lowest BCUT2D eigenvalue weighted by Crippen LogP contribution is -2.20. The van der Waals surface area contributed by atoms with Crippen LogP contribution in [0.15, 0.2) is 0 Å². The molecule has 0 aromatic carbocycles. The molecule has 1 aliphatic heterocycles. The van der Waals surface area contributed by atoms with Crippen LogP contribution in [-0.2, 0) is 22.5 Å². The molecule has 0 amide bonds. The zero-order chi connectivity index (χ0) is 11.7. The molecule has 0 saturated carbocycles. The molecule has 0 radical (unpaired) electrons. The maximum atomic E-state index is 10.8. The maximum absolute atomic E-state index is 10.8. The Kier molecular flexibility index (Phi) is 2.96. The van der Waals surface area contributed by atoms with Gasteiger partial charge in [0.25, 0.3) is 0 Å². The molecule has 1 unspecified atom stereocenters. The average Bonchev–Trinajstić information content (AvgIpc) is 2.55. The number of nitrogens with zero attached hydrogens (tertiary/aromatic N) is 2. The Hall–Kier alpha value is -1.36. The molecule has 1 atom stereocenters. The quantitative estimate of drug-likeness (QED) is 0.840. The number of hydrogen-bond acceptors (Lipinski definition) is 3. The van der Waals surface area contributed by atoms with Crippen LogP contribution in [0, 0.1) is 6.92 Å². The van der Waals surface area contributed by atoms with Gasteiger partial charge in [-0.15, -0.1) is 0 Å². The second-order valence-electron chi connectivity index (χ2n) is 4.09. The van der Waals surface area contributed by atoms with Crippen molar-refractivity contribution in [2.75, 3.05) is 7.11 Å².